The highest BCUT2D eigenvalue weighted by Crippen LogP contribution is 1.92. The summed E-state index contributed by atoms with van der Waals surface area (Å²) in [4.78, 5) is 0. The minimum atomic E-state index is -3.29. The van der Waals surface area contributed by atoms with E-state index in [4.69, 9.17) is 9.47 Å². The lowest BCUT2D eigenvalue weighted by Gasteiger charge is -2.10. The van der Waals surface area contributed by atoms with Crippen molar-refractivity contribution < 1.29 is 23.0 Å². The fourth-order valence-corrected chi connectivity index (χ4v) is 1.95. The Bertz CT molecular complexity index is 255. The molecule has 16 heavy (non-hydrogen) atoms. The van der Waals surface area contributed by atoms with Crippen LogP contribution in [0.25, 0.3) is 0 Å². The van der Waals surface area contributed by atoms with Gasteiger partial charge in [-0.3, -0.25) is 0 Å². The maximum absolute atomic E-state index is 11.3. The Kier molecular flexibility index (Phi) is 8.77. The summed E-state index contributed by atoms with van der Waals surface area (Å²) in [5.41, 5.74) is 0. The summed E-state index contributed by atoms with van der Waals surface area (Å²) in [6, 6.07) is 0. The van der Waals surface area contributed by atoms with Gasteiger partial charge in [0.25, 0.3) is 0 Å². The van der Waals surface area contributed by atoms with Gasteiger partial charge in [0.15, 0.2) is 0 Å². The third-order valence-electron chi connectivity index (χ3n) is 1.86. The molecule has 0 heterocycles. The van der Waals surface area contributed by atoms with E-state index >= 15 is 0 Å². The van der Waals surface area contributed by atoms with Gasteiger partial charge in [0.2, 0.25) is 10.0 Å². The molecule has 0 bridgehead atoms. The van der Waals surface area contributed by atoms with Crippen molar-refractivity contribution in [3.8, 4) is 0 Å². The number of sulfonamides is 1. The van der Waals surface area contributed by atoms with Crippen LogP contribution in [0.5, 0.6) is 0 Å². The summed E-state index contributed by atoms with van der Waals surface area (Å²) < 4.78 is 34.7. The molecule has 7 heteroatoms. The second-order valence-corrected chi connectivity index (χ2v) is 5.23. The predicted octanol–water partition coefficient (Wildman–Crippen LogP) is -0.660. The van der Waals surface area contributed by atoms with Gasteiger partial charge in [-0.1, -0.05) is 0 Å². The Morgan fingerprint density at radius 2 is 2.12 bits per heavy atom. The van der Waals surface area contributed by atoms with Crippen LogP contribution >= 0.6 is 0 Å². The summed E-state index contributed by atoms with van der Waals surface area (Å²) in [6.07, 6.45) is -0.304. The molecule has 0 radical (unpaired) electrons. The minimum absolute atomic E-state index is 0.0544. The van der Waals surface area contributed by atoms with Crippen molar-refractivity contribution in [1.82, 2.24) is 4.72 Å². The van der Waals surface area contributed by atoms with Crippen LogP contribution in [0.2, 0.25) is 0 Å². The van der Waals surface area contributed by atoms with E-state index in [-0.39, 0.29) is 25.5 Å². The Hall–Kier alpha value is -0.210. The van der Waals surface area contributed by atoms with Crippen molar-refractivity contribution >= 4 is 10.0 Å². The number of aliphatic hydroxyl groups excluding tert-OH is 1. The van der Waals surface area contributed by atoms with Crippen LogP contribution in [-0.2, 0) is 19.5 Å². The lowest BCUT2D eigenvalue weighted by atomic mass is 10.3. The first-order valence-electron chi connectivity index (χ1n) is 5.24. The van der Waals surface area contributed by atoms with E-state index in [0.717, 1.165) is 0 Å². The second-order valence-electron chi connectivity index (χ2n) is 3.31. The highest BCUT2D eigenvalue weighted by Gasteiger charge is 2.10. The number of aliphatic hydroxyl groups is 1. The molecule has 0 aliphatic heterocycles. The van der Waals surface area contributed by atoms with Crippen molar-refractivity contribution in [3.63, 3.8) is 0 Å². The zero-order valence-electron chi connectivity index (χ0n) is 9.81. The first-order chi connectivity index (χ1) is 7.52. The lowest BCUT2D eigenvalue weighted by molar-refractivity contribution is 0.0603. The van der Waals surface area contributed by atoms with Crippen LogP contribution in [0.3, 0.4) is 0 Å². The van der Waals surface area contributed by atoms with E-state index in [9.17, 15) is 13.5 Å². The van der Waals surface area contributed by atoms with E-state index < -0.39 is 16.1 Å². The number of hydrogen-bond acceptors (Lipinski definition) is 5. The van der Waals surface area contributed by atoms with Gasteiger partial charge in [0.05, 0.1) is 25.1 Å². The second kappa shape index (κ2) is 8.89. The van der Waals surface area contributed by atoms with E-state index in [2.05, 4.69) is 4.72 Å². The normalized spacial score (nSPS) is 13.9. The zero-order chi connectivity index (χ0) is 12.4. The molecular weight excluding hydrogens is 234 g/mol. The third-order valence-corrected chi connectivity index (χ3v) is 3.21. The molecule has 0 aromatic rings. The smallest absolute Gasteiger partial charge is 0.213 e. The Morgan fingerprint density at radius 1 is 1.44 bits per heavy atom. The summed E-state index contributed by atoms with van der Waals surface area (Å²) in [5.74, 6) is -0.0544. The molecular formula is C9H21NO5S. The number of methoxy groups -OCH3 is 1. The summed E-state index contributed by atoms with van der Waals surface area (Å²) in [7, 11) is -1.81. The van der Waals surface area contributed by atoms with Gasteiger partial charge in [0.1, 0.15) is 0 Å². The fraction of sp³-hybridized carbons (Fsp3) is 1.00. The fourth-order valence-electron chi connectivity index (χ4n) is 1.04. The molecule has 0 spiro atoms. The number of ether oxygens (including phenoxy) is 2. The molecule has 1 atom stereocenters. The first-order valence-corrected chi connectivity index (χ1v) is 6.89. The molecule has 98 valence electrons. The molecule has 0 rings (SSSR count). The number of rotatable bonds is 10. The largest absolute Gasteiger partial charge is 0.391 e. The van der Waals surface area contributed by atoms with Crippen molar-refractivity contribution in [2.24, 2.45) is 0 Å². The highest BCUT2D eigenvalue weighted by molar-refractivity contribution is 7.89. The molecule has 0 amide bonds. The van der Waals surface area contributed by atoms with Gasteiger partial charge in [-0.25, -0.2) is 13.1 Å². The molecule has 0 aliphatic carbocycles. The number of hydrogen-bond donors (Lipinski definition) is 2. The van der Waals surface area contributed by atoms with Crippen LogP contribution < -0.4 is 4.72 Å². The summed E-state index contributed by atoms with van der Waals surface area (Å²) >= 11 is 0. The van der Waals surface area contributed by atoms with Crippen LogP contribution in [0.4, 0.5) is 0 Å². The molecule has 0 aromatic carbocycles. The quantitative estimate of drug-likeness (QED) is 0.506. The Balaban J connectivity index is 3.65. The van der Waals surface area contributed by atoms with Gasteiger partial charge < -0.3 is 14.6 Å². The number of nitrogens with one attached hydrogen (secondary N) is 1. The lowest BCUT2D eigenvalue weighted by Crippen LogP contribution is -2.31. The molecule has 2 N–H and O–H groups in total. The van der Waals surface area contributed by atoms with Gasteiger partial charge >= 0.3 is 0 Å². The Morgan fingerprint density at radius 3 is 2.69 bits per heavy atom. The minimum Gasteiger partial charge on any atom is -0.391 e. The summed E-state index contributed by atoms with van der Waals surface area (Å²) in [6.45, 7) is 2.91. The highest BCUT2D eigenvalue weighted by atomic mass is 32.2. The van der Waals surface area contributed by atoms with E-state index in [0.29, 0.717) is 13.0 Å². The Labute approximate surface area is 97.0 Å². The van der Waals surface area contributed by atoms with Gasteiger partial charge in [-0.2, -0.15) is 0 Å². The monoisotopic (exact) mass is 255 g/mol. The van der Waals surface area contributed by atoms with Crippen LogP contribution in [-0.4, -0.2) is 58.9 Å². The SMILES string of the molecule is CCOCCS(=O)(=O)NCCC(O)COC. The molecule has 6 nitrogen and oxygen atoms in total. The topological polar surface area (TPSA) is 84.9 Å². The zero-order valence-corrected chi connectivity index (χ0v) is 10.6. The first kappa shape index (κ1) is 15.8. The molecule has 0 aromatic heterocycles. The van der Waals surface area contributed by atoms with Gasteiger partial charge in [0, 0.05) is 20.3 Å². The maximum Gasteiger partial charge on any atom is 0.213 e. The van der Waals surface area contributed by atoms with Crippen LogP contribution in [0, 0.1) is 0 Å². The molecule has 0 aliphatic rings. The van der Waals surface area contributed by atoms with E-state index in [1.54, 1.807) is 6.92 Å². The van der Waals surface area contributed by atoms with Crippen LogP contribution in [0.15, 0.2) is 0 Å². The third kappa shape index (κ3) is 9.05. The average Bonchev–Trinajstić information content (AvgIpc) is 2.18. The molecule has 0 fully saturated rings. The van der Waals surface area contributed by atoms with Crippen molar-refractivity contribution in [1.29, 1.82) is 0 Å². The van der Waals surface area contributed by atoms with Crippen molar-refractivity contribution in [2.75, 3.05) is 39.2 Å². The van der Waals surface area contributed by atoms with E-state index in [1.165, 1.54) is 7.11 Å². The van der Waals surface area contributed by atoms with Crippen LogP contribution in [0.1, 0.15) is 13.3 Å². The maximum atomic E-state index is 11.3. The molecule has 1 unspecified atom stereocenters. The van der Waals surface area contributed by atoms with Gasteiger partial charge in [-0.05, 0) is 13.3 Å². The molecule has 0 saturated heterocycles. The van der Waals surface area contributed by atoms with E-state index in [1.807, 2.05) is 0 Å². The molecule has 0 saturated carbocycles. The van der Waals surface area contributed by atoms with Gasteiger partial charge in [-0.15, -0.1) is 0 Å². The standard InChI is InChI=1S/C9H21NO5S/c1-3-15-6-7-16(12,13)10-5-4-9(11)8-14-2/h9-11H,3-8H2,1-2H3. The summed E-state index contributed by atoms with van der Waals surface area (Å²) in [5, 5.41) is 9.28. The predicted molar refractivity (Wildman–Crippen MR) is 60.8 cm³/mol. The van der Waals surface area contributed by atoms with Crippen molar-refractivity contribution in [2.45, 2.75) is 19.4 Å². The van der Waals surface area contributed by atoms with Crippen molar-refractivity contribution in [3.05, 3.63) is 0 Å². The average molecular weight is 255 g/mol.